The standard InChI is InChI=1S/C17H32N4O4S.HI/c1-6-18-16(19-11-8-12-21(5)26(23,24)7-2)20-13-17(4,22)15-10-9-14(3)25-15;/h9-10,22H,6-8,11-13H2,1-5H3,(H2,18,19,20);1H. The SMILES string of the molecule is CCNC(=NCC(C)(O)c1ccc(C)o1)NCCCN(C)S(=O)(=O)CC.I. The van der Waals surface area contributed by atoms with Crippen molar-refractivity contribution in [3.63, 3.8) is 0 Å². The molecular weight excluding hydrogens is 483 g/mol. The topological polar surface area (TPSA) is 107 Å². The summed E-state index contributed by atoms with van der Waals surface area (Å²) in [5.41, 5.74) is -1.20. The maximum atomic E-state index is 11.7. The number of sulfonamides is 1. The van der Waals surface area contributed by atoms with Gasteiger partial charge in [-0.15, -0.1) is 24.0 Å². The first-order valence-electron chi connectivity index (χ1n) is 8.88. The fraction of sp³-hybridized carbons (Fsp3) is 0.706. The van der Waals surface area contributed by atoms with Crippen LogP contribution in [0.15, 0.2) is 21.5 Å². The Bertz CT molecular complexity index is 689. The lowest BCUT2D eigenvalue weighted by Crippen LogP contribution is -2.40. The summed E-state index contributed by atoms with van der Waals surface area (Å²) >= 11 is 0. The van der Waals surface area contributed by atoms with Gasteiger partial charge in [0.25, 0.3) is 0 Å². The molecule has 0 radical (unpaired) electrons. The fourth-order valence-electron chi connectivity index (χ4n) is 2.24. The Morgan fingerprint density at radius 2 is 2.00 bits per heavy atom. The first-order valence-corrected chi connectivity index (χ1v) is 10.5. The van der Waals surface area contributed by atoms with Crippen molar-refractivity contribution >= 4 is 40.0 Å². The number of nitrogens with zero attached hydrogens (tertiary/aromatic N) is 2. The molecule has 3 N–H and O–H groups in total. The van der Waals surface area contributed by atoms with E-state index in [1.54, 1.807) is 33.0 Å². The molecule has 1 unspecified atom stereocenters. The van der Waals surface area contributed by atoms with Gasteiger partial charge in [0.15, 0.2) is 5.96 Å². The zero-order valence-corrected chi connectivity index (χ0v) is 19.9. The smallest absolute Gasteiger partial charge is 0.213 e. The van der Waals surface area contributed by atoms with Crippen molar-refractivity contribution in [1.29, 1.82) is 0 Å². The van der Waals surface area contributed by atoms with Gasteiger partial charge in [0, 0.05) is 26.7 Å². The number of halogens is 1. The van der Waals surface area contributed by atoms with Crippen LogP contribution in [0, 0.1) is 6.92 Å². The van der Waals surface area contributed by atoms with Crippen LogP contribution in [0.25, 0.3) is 0 Å². The maximum Gasteiger partial charge on any atom is 0.213 e. The number of hydrogen-bond donors (Lipinski definition) is 3. The Balaban J connectivity index is 0.00000676. The Hall–Kier alpha value is -0.850. The van der Waals surface area contributed by atoms with Gasteiger partial charge in [-0.05, 0) is 46.2 Å². The molecular formula is C17H33IN4O4S. The highest BCUT2D eigenvalue weighted by Crippen LogP contribution is 2.22. The number of nitrogens with one attached hydrogen (secondary N) is 2. The average molecular weight is 516 g/mol. The van der Waals surface area contributed by atoms with Gasteiger partial charge in [0.1, 0.15) is 17.1 Å². The minimum absolute atomic E-state index is 0. The van der Waals surface area contributed by atoms with E-state index in [2.05, 4.69) is 15.6 Å². The van der Waals surface area contributed by atoms with Crippen molar-refractivity contribution in [1.82, 2.24) is 14.9 Å². The van der Waals surface area contributed by atoms with Crippen LogP contribution in [0.3, 0.4) is 0 Å². The van der Waals surface area contributed by atoms with Gasteiger partial charge in [-0.25, -0.2) is 17.7 Å². The molecule has 0 spiro atoms. The zero-order chi connectivity index (χ0) is 19.8. The van der Waals surface area contributed by atoms with Crippen molar-refractivity contribution in [3.05, 3.63) is 23.7 Å². The van der Waals surface area contributed by atoms with E-state index in [1.807, 2.05) is 13.8 Å². The second-order valence-electron chi connectivity index (χ2n) is 6.38. The van der Waals surface area contributed by atoms with Crippen LogP contribution in [-0.2, 0) is 15.6 Å². The third-order valence-electron chi connectivity index (χ3n) is 3.94. The summed E-state index contributed by atoms with van der Waals surface area (Å²) in [4.78, 5) is 4.40. The Morgan fingerprint density at radius 1 is 1.33 bits per heavy atom. The van der Waals surface area contributed by atoms with Crippen LogP contribution < -0.4 is 10.6 Å². The summed E-state index contributed by atoms with van der Waals surface area (Å²) in [7, 11) is -1.57. The summed E-state index contributed by atoms with van der Waals surface area (Å²) in [5, 5.41) is 16.8. The molecule has 1 aromatic heterocycles. The number of aryl methyl sites for hydroxylation is 1. The Labute approximate surface area is 179 Å². The molecule has 0 aliphatic rings. The molecule has 158 valence electrons. The molecule has 0 saturated heterocycles. The molecule has 1 rings (SSSR count). The van der Waals surface area contributed by atoms with Gasteiger partial charge in [0.05, 0.1) is 12.3 Å². The number of hydrogen-bond acceptors (Lipinski definition) is 5. The highest BCUT2D eigenvalue weighted by atomic mass is 127. The summed E-state index contributed by atoms with van der Waals surface area (Å²) in [6, 6.07) is 3.55. The second kappa shape index (κ2) is 11.9. The highest BCUT2D eigenvalue weighted by Gasteiger charge is 2.26. The molecule has 1 aromatic rings. The molecule has 1 heterocycles. The van der Waals surface area contributed by atoms with Crippen molar-refractivity contribution in [2.45, 2.75) is 39.7 Å². The monoisotopic (exact) mass is 516 g/mol. The van der Waals surface area contributed by atoms with Crippen LogP contribution >= 0.6 is 24.0 Å². The fourth-order valence-corrected chi connectivity index (χ4v) is 3.09. The Morgan fingerprint density at radius 3 is 2.52 bits per heavy atom. The van der Waals surface area contributed by atoms with Crippen molar-refractivity contribution in [2.75, 3.05) is 39.0 Å². The summed E-state index contributed by atoms with van der Waals surface area (Å²) in [6.45, 7) is 8.88. The molecule has 27 heavy (non-hydrogen) atoms. The van der Waals surface area contributed by atoms with Crippen LogP contribution in [0.4, 0.5) is 0 Å². The van der Waals surface area contributed by atoms with E-state index >= 15 is 0 Å². The van der Waals surface area contributed by atoms with E-state index in [0.717, 1.165) is 5.76 Å². The van der Waals surface area contributed by atoms with E-state index in [4.69, 9.17) is 4.42 Å². The molecule has 10 heteroatoms. The van der Waals surface area contributed by atoms with Crippen molar-refractivity contribution in [3.8, 4) is 0 Å². The molecule has 8 nitrogen and oxygen atoms in total. The predicted octanol–water partition coefficient (Wildman–Crippen LogP) is 1.64. The quantitative estimate of drug-likeness (QED) is 0.189. The average Bonchev–Trinajstić information content (AvgIpc) is 3.03. The number of aliphatic imine (C=N–C) groups is 1. The number of furan rings is 1. The predicted molar refractivity (Wildman–Crippen MR) is 119 cm³/mol. The van der Waals surface area contributed by atoms with Crippen molar-refractivity contribution in [2.24, 2.45) is 4.99 Å². The molecule has 0 amide bonds. The minimum Gasteiger partial charge on any atom is -0.463 e. The van der Waals surface area contributed by atoms with E-state index in [0.29, 0.717) is 37.8 Å². The first kappa shape index (κ1) is 26.1. The summed E-state index contributed by atoms with van der Waals surface area (Å²) < 4.78 is 30.3. The van der Waals surface area contributed by atoms with E-state index < -0.39 is 15.6 Å². The van der Waals surface area contributed by atoms with Crippen LogP contribution in [0.5, 0.6) is 0 Å². The zero-order valence-electron chi connectivity index (χ0n) is 16.8. The first-order chi connectivity index (χ1) is 12.1. The van der Waals surface area contributed by atoms with E-state index in [9.17, 15) is 13.5 Å². The molecule has 0 aromatic carbocycles. The van der Waals surface area contributed by atoms with Crippen LogP contribution in [0.2, 0.25) is 0 Å². The molecule has 0 aliphatic carbocycles. The molecule has 0 fully saturated rings. The van der Waals surface area contributed by atoms with Gasteiger partial charge < -0.3 is 20.2 Å². The maximum absolute atomic E-state index is 11.7. The highest BCUT2D eigenvalue weighted by molar-refractivity contribution is 14.0. The minimum atomic E-state index is -3.15. The second-order valence-corrected chi connectivity index (χ2v) is 8.75. The van der Waals surface area contributed by atoms with Gasteiger partial charge in [-0.3, -0.25) is 0 Å². The summed E-state index contributed by atoms with van der Waals surface area (Å²) in [5.74, 6) is 1.88. The lowest BCUT2D eigenvalue weighted by Gasteiger charge is -2.20. The largest absolute Gasteiger partial charge is 0.463 e. The lowest BCUT2D eigenvalue weighted by atomic mass is 10.0. The molecule has 0 aliphatic heterocycles. The number of guanidine groups is 1. The molecule has 0 saturated carbocycles. The molecule has 0 bridgehead atoms. The summed E-state index contributed by atoms with van der Waals surface area (Å²) in [6.07, 6.45) is 0.647. The van der Waals surface area contributed by atoms with Gasteiger partial charge >= 0.3 is 0 Å². The van der Waals surface area contributed by atoms with Gasteiger partial charge in [0.2, 0.25) is 10.0 Å². The van der Waals surface area contributed by atoms with Crippen molar-refractivity contribution < 1.29 is 17.9 Å². The van der Waals surface area contributed by atoms with E-state index in [-0.39, 0.29) is 36.3 Å². The third-order valence-corrected chi connectivity index (χ3v) is 5.80. The lowest BCUT2D eigenvalue weighted by molar-refractivity contribution is 0.0428. The van der Waals surface area contributed by atoms with Gasteiger partial charge in [-0.2, -0.15) is 0 Å². The third kappa shape index (κ3) is 8.79. The van der Waals surface area contributed by atoms with Crippen LogP contribution in [0.1, 0.15) is 38.7 Å². The number of aliphatic hydroxyl groups is 1. The normalized spacial score (nSPS) is 14.6. The number of rotatable bonds is 10. The van der Waals surface area contributed by atoms with Gasteiger partial charge in [-0.1, -0.05) is 0 Å². The van der Waals surface area contributed by atoms with Crippen LogP contribution in [-0.4, -0.2) is 62.8 Å². The molecule has 1 atom stereocenters. The van der Waals surface area contributed by atoms with E-state index in [1.165, 1.54) is 4.31 Å². The Kier molecular flexibility index (Phi) is 11.5.